The van der Waals surface area contributed by atoms with Gasteiger partial charge in [-0.3, -0.25) is 19.0 Å². The molecule has 1 aliphatic carbocycles. The summed E-state index contributed by atoms with van der Waals surface area (Å²) in [5.74, 6) is -2.95. The van der Waals surface area contributed by atoms with E-state index in [2.05, 4.69) is 5.32 Å². The number of anilines is 1. The summed E-state index contributed by atoms with van der Waals surface area (Å²) in [6.07, 6.45) is 4.65. The highest BCUT2D eigenvalue weighted by Gasteiger charge is 2.34. The highest BCUT2D eigenvalue weighted by molar-refractivity contribution is 6.11. The molecule has 4 rings (SSSR count). The maximum atomic E-state index is 14.2. The average Bonchev–Trinajstić information content (AvgIpc) is 3.39. The Bertz CT molecular complexity index is 1440. The molecule has 0 aliphatic heterocycles. The summed E-state index contributed by atoms with van der Waals surface area (Å²) in [5.41, 5.74) is 6.39. The second-order valence-corrected chi connectivity index (χ2v) is 11.3. The summed E-state index contributed by atoms with van der Waals surface area (Å²) in [4.78, 5) is 38.5. The number of nitrogens with zero attached hydrogens (tertiary/aromatic N) is 1. The van der Waals surface area contributed by atoms with Gasteiger partial charge in [-0.05, 0) is 80.0 Å². The average molecular weight is 552 g/mol. The molecule has 40 heavy (non-hydrogen) atoms. The monoisotopic (exact) mass is 551 g/mol. The zero-order valence-electron chi connectivity index (χ0n) is 23.0. The summed E-state index contributed by atoms with van der Waals surface area (Å²) >= 11 is 0. The van der Waals surface area contributed by atoms with Gasteiger partial charge in [-0.1, -0.05) is 32.9 Å². The maximum absolute atomic E-state index is 14.2. The summed E-state index contributed by atoms with van der Waals surface area (Å²) in [7, 11) is 0. The third-order valence-electron chi connectivity index (χ3n) is 7.19. The van der Waals surface area contributed by atoms with Crippen molar-refractivity contribution >= 4 is 17.6 Å². The second kappa shape index (κ2) is 12.1. The number of rotatable bonds is 9. The van der Waals surface area contributed by atoms with Crippen molar-refractivity contribution in [2.24, 2.45) is 5.41 Å². The second-order valence-electron chi connectivity index (χ2n) is 11.3. The number of carbonyl (C=O) groups excluding carboxylic acids is 2. The van der Waals surface area contributed by atoms with Gasteiger partial charge in [0.25, 0.3) is 5.56 Å². The van der Waals surface area contributed by atoms with Gasteiger partial charge in [0.2, 0.25) is 0 Å². The molecule has 1 saturated carbocycles. The van der Waals surface area contributed by atoms with Crippen molar-refractivity contribution in [3.63, 3.8) is 0 Å². The number of carbonyl (C=O) groups is 2. The summed E-state index contributed by atoms with van der Waals surface area (Å²) < 4.78 is 34.4. The van der Waals surface area contributed by atoms with Crippen LogP contribution in [0.5, 0.6) is 0 Å². The quantitative estimate of drug-likeness (QED) is 0.288. The van der Waals surface area contributed by atoms with Gasteiger partial charge >= 0.3 is 5.97 Å². The molecule has 1 aliphatic rings. The molecule has 0 unspecified atom stereocenters. The van der Waals surface area contributed by atoms with Crippen molar-refractivity contribution in [2.45, 2.75) is 65.0 Å². The number of halogens is 2. The number of aromatic nitrogens is 1. The van der Waals surface area contributed by atoms with Gasteiger partial charge in [0.15, 0.2) is 5.78 Å². The molecule has 1 atom stereocenters. The highest BCUT2D eigenvalue weighted by Crippen LogP contribution is 2.26. The molecule has 0 radical (unpaired) electrons. The number of pyridine rings is 1. The zero-order valence-corrected chi connectivity index (χ0v) is 23.0. The summed E-state index contributed by atoms with van der Waals surface area (Å²) in [6, 6.07) is 11.7. The molecule has 0 spiro atoms. The maximum Gasteiger partial charge on any atom is 0.323 e. The van der Waals surface area contributed by atoms with Gasteiger partial charge in [0.1, 0.15) is 29.6 Å². The SMILES string of the molecule is CC(C)(C)[C@H](NCCc1ccc(-n2c(N)c(C(=O)c3ccc(F)cc3F)ccc2=O)cc1)C(=O)OC1CCCC1. The first-order chi connectivity index (χ1) is 19.0. The highest BCUT2D eigenvalue weighted by atomic mass is 19.1. The molecule has 212 valence electrons. The Morgan fingerprint density at radius 1 is 1.02 bits per heavy atom. The van der Waals surface area contributed by atoms with Crippen LogP contribution in [-0.4, -0.2) is 35.0 Å². The fraction of sp³-hybridized carbons (Fsp3) is 0.387. The van der Waals surface area contributed by atoms with Gasteiger partial charge in [0.05, 0.1) is 16.8 Å². The normalized spacial score (nSPS) is 14.7. The van der Waals surface area contributed by atoms with Gasteiger partial charge < -0.3 is 15.8 Å². The molecule has 0 saturated heterocycles. The van der Waals surface area contributed by atoms with E-state index in [1.807, 2.05) is 32.9 Å². The summed E-state index contributed by atoms with van der Waals surface area (Å²) in [6.45, 7) is 6.54. The van der Waals surface area contributed by atoms with E-state index in [1.54, 1.807) is 12.1 Å². The lowest BCUT2D eigenvalue weighted by Crippen LogP contribution is -2.48. The van der Waals surface area contributed by atoms with Crippen LogP contribution in [0.15, 0.2) is 59.4 Å². The van der Waals surface area contributed by atoms with Crippen LogP contribution in [0.2, 0.25) is 0 Å². The van der Waals surface area contributed by atoms with E-state index >= 15 is 0 Å². The molecule has 1 heterocycles. The summed E-state index contributed by atoms with van der Waals surface area (Å²) in [5, 5.41) is 3.35. The van der Waals surface area contributed by atoms with E-state index in [-0.39, 0.29) is 34.4 Å². The Balaban J connectivity index is 1.46. The van der Waals surface area contributed by atoms with Crippen LogP contribution in [0.4, 0.5) is 14.6 Å². The molecule has 0 bridgehead atoms. The first kappa shape index (κ1) is 29.1. The fourth-order valence-corrected chi connectivity index (χ4v) is 4.98. The molecule has 9 heteroatoms. The van der Waals surface area contributed by atoms with Crippen LogP contribution in [0.3, 0.4) is 0 Å². The fourth-order valence-electron chi connectivity index (χ4n) is 4.98. The van der Waals surface area contributed by atoms with Gasteiger partial charge in [0, 0.05) is 12.1 Å². The topological polar surface area (TPSA) is 103 Å². The lowest BCUT2D eigenvalue weighted by molar-refractivity contribution is -0.154. The van der Waals surface area contributed by atoms with E-state index in [4.69, 9.17) is 10.5 Å². The van der Waals surface area contributed by atoms with Crippen LogP contribution in [0.25, 0.3) is 5.69 Å². The number of benzene rings is 2. The van der Waals surface area contributed by atoms with Crippen molar-refractivity contribution in [1.82, 2.24) is 9.88 Å². The lowest BCUT2D eigenvalue weighted by Gasteiger charge is -2.30. The molecule has 3 aromatic rings. The predicted molar refractivity (Wildman–Crippen MR) is 150 cm³/mol. The Labute approximate surface area is 232 Å². The molecule has 0 amide bonds. The van der Waals surface area contributed by atoms with E-state index in [0.29, 0.717) is 24.7 Å². The molecule has 1 fully saturated rings. The van der Waals surface area contributed by atoms with Crippen molar-refractivity contribution in [3.05, 3.63) is 93.3 Å². The van der Waals surface area contributed by atoms with Crippen molar-refractivity contribution in [3.8, 4) is 5.69 Å². The molecule has 2 aromatic carbocycles. The molecule has 1 aromatic heterocycles. The number of nitrogen functional groups attached to an aromatic ring is 1. The minimum atomic E-state index is -1.01. The Kier molecular flexibility index (Phi) is 8.83. The van der Waals surface area contributed by atoms with Crippen LogP contribution in [0, 0.1) is 17.0 Å². The smallest absolute Gasteiger partial charge is 0.323 e. The number of nitrogens with two attached hydrogens (primary N) is 1. The number of ether oxygens (including phenoxy) is 1. The van der Waals surface area contributed by atoms with Crippen LogP contribution >= 0.6 is 0 Å². The van der Waals surface area contributed by atoms with Crippen molar-refractivity contribution < 1.29 is 23.1 Å². The molecule has 3 N–H and O–H groups in total. The van der Waals surface area contributed by atoms with Gasteiger partial charge in [-0.15, -0.1) is 0 Å². The van der Waals surface area contributed by atoms with Gasteiger partial charge in [-0.25, -0.2) is 8.78 Å². The predicted octanol–water partition coefficient (Wildman–Crippen LogP) is 4.96. The third kappa shape index (κ3) is 6.65. The number of hydrogen-bond donors (Lipinski definition) is 2. The minimum Gasteiger partial charge on any atom is -0.461 e. The third-order valence-corrected chi connectivity index (χ3v) is 7.19. The molecular formula is C31H35F2N3O4. The number of ketones is 1. The standard InChI is InChI=1S/C31H35F2N3O4/c1-31(2,3)28(30(39)40-22-6-4-5-7-22)35-17-16-19-8-11-21(12-9-19)36-26(37)15-14-24(29(36)34)27(38)23-13-10-20(32)18-25(23)33/h8-15,18,22,28,35H,4-7,16-17,34H2,1-3H3/t28-/m1/s1. The van der Waals surface area contributed by atoms with Crippen LogP contribution < -0.4 is 16.6 Å². The Morgan fingerprint density at radius 3 is 2.30 bits per heavy atom. The van der Waals surface area contributed by atoms with Crippen molar-refractivity contribution in [1.29, 1.82) is 0 Å². The van der Waals surface area contributed by atoms with E-state index in [0.717, 1.165) is 43.4 Å². The zero-order chi connectivity index (χ0) is 29.0. The number of nitrogens with one attached hydrogen (secondary N) is 1. The number of hydrogen-bond acceptors (Lipinski definition) is 6. The largest absolute Gasteiger partial charge is 0.461 e. The van der Waals surface area contributed by atoms with E-state index < -0.39 is 29.0 Å². The van der Waals surface area contributed by atoms with Crippen molar-refractivity contribution in [2.75, 3.05) is 12.3 Å². The molecular weight excluding hydrogens is 516 g/mol. The first-order valence-electron chi connectivity index (χ1n) is 13.5. The van der Waals surface area contributed by atoms with Crippen LogP contribution in [0.1, 0.15) is 67.9 Å². The Morgan fingerprint density at radius 2 is 1.68 bits per heavy atom. The minimum absolute atomic E-state index is 0.00560. The Hall–Kier alpha value is -3.85. The first-order valence-corrected chi connectivity index (χ1v) is 13.5. The lowest BCUT2D eigenvalue weighted by atomic mass is 9.86. The van der Waals surface area contributed by atoms with Gasteiger partial charge in [-0.2, -0.15) is 0 Å². The van der Waals surface area contributed by atoms with E-state index in [1.165, 1.54) is 16.7 Å². The molecule has 7 nitrogen and oxygen atoms in total. The van der Waals surface area contributed by atoms with E-state index in [9.17, 15) is 23.2 Å². The van der Waals surface area contributed by atoms with Crippen LogP contribution in [-0.2, 0) is 16.0 Å². The number of esters is 1.